The Balaban J connectivity index is 1.80. The third-order valence-corrected chi connectivity index (χ3v) is 7.27. The molecule has 162 valence electrons. The maximum absolute atomic E-state index is 13.3. The zero-order valence-corrected chi connectivity index (χ0v) is 18.6. The van der Waals surface area contributed by atoms with Crippen LogP contribution in [0.25, 0.3) is 0 Å². The second kappa shape index (κ2) is 9.06. The van der Waals surface area contributed by atoms with Crippen LogP contribution in [0.5, 0.6) is 11.5 Å². The molecule has 7 nitrogen and oxygen atoms in total. The van der Waals surface area contributed by atoms with Crippen LogP contribution in [0.1, 0.15) is 24.0 Å². The van der Waals surface area contributed by atoms with Crippen LogP contribution < -0.4 is 14.8 Å². The molecule has 8 heteroatoms. The Labute approximate surface area is 178 Å². The van der Waals surface area contributed by atoms with Gasteiger partial charge in [0.15, 0.2) is 0 Å². The number of nitrogens with zero attached hydrogens (tertiary/aromatic N) is 1. The summed E-state index contributed by atoms with van der Waals surface area (Å²) >= 11 is 0. The number of piperidine rings is 1. The van der Waals surface area contributed by atoms with Gasteiger partial charge in [-0.1, -0.05) is 17.7 Å². The van der Waals surface area contributed by atoms with Gasteiger partial charge in [-0.05, 0) is 50.5 Å². The standard InChI is InChI=1S/C22H28N2O5S/c1-15-7-9-19(16(2)12-15)23-22(25)17-6-5-11-24(14-17)30(26,27)21-13-18(28-3)8-10-20(21)29-4/h7-10,12-13,17H,5-6,11,14H2,1-4H3,(H,23,25)/t17-/m0/s1. The Morgan fingerprint density at radius 2 is 1.87 bits per heavy atom. The van der Waals surface area contributed by atoms with Crippen LogP contribution in [-0.2, 0) is 14.8 Å². The van der Waals surface area contributed by atoms with E-state index in [9.17, 15) is 13.2 Å². The zero-order chi connectivity index (χ0) is 21.9. The summed E-state index contributed by atoms with van der Waals surface area (Å²) in [6.45, 7) is 4.42. The number of rotatable bonds is 6. The molecule has 0 saturated carbocycles. The zero-order valence-electron chi connectivity index (χ0n) is 17.8. The van der Waals surface area contributed by atoms with Crippen molar-refractivity contribution in [1.82, 2.24) is 4.31 Å². The van der Waals surface area contributed by atoms with Gasteiger partial charge in [0.2, 0.25) is 15.9 Å². The molecule has 1 amide bonds. The minimum atomic E-state index is -3.84. The van der Waals surface area contributed by atoms with Crippen molar-refractivity contribution in [3.8, 4) is 11.5 Å². The molecule has 0 unspecified atom stereocenters. The number of nitrogens with one attached hydrogen (secondary N) is 1. The quantitative estimate of drug-likeness (QED) is 0.757. The minimum absolute atomic E-state index is 0.0415. The number of hydrogen-bond donors (Lipinski definition) is 1. The number of ether oxygens (including phenoxy) is 2. The van der Waals surface area contributed by atoms with Crippen molar-refractivity contribution in [3.63, 3.8) is 0 Å². The van der Waals surface area contributed by atoms with Gasteiger partial charge in [0.05, 0.1) is 20.1 Å². The van der Waals surface area contributed by atoms with Gasteiger partial charge >= 0.3 is 0 Å². The van der Waals surface area contributed by atoms with Crippen LogP contribution >= 0.6 is 0 Å². The molecule has 1 atom stereocenters. The van der Waals surface area contributed by atoms with Gasteiger partial charge in [-0.25, -0.2) is 8.42 Å². The van der Waals surface area contributed by atoms with Crippen LogP contribution in [0.2, 0.25) is 0 Å². The van der Waals surface area contributed by atoms with Crippen molar-refractivity contribution < 1.29 is 22.7 Å². The van der Waals surface area contributed by atoms with Crippen molar-refractivity contribution >= 4 is 21.6 Å². The second-order valence-corrected chi connectivity index (χ2v) is 9.43. The lowest BCUT2D eigenvalue weighted by atomic mass is 9.98. The van der Waals surface area contributed by atoms with E-state index in [0.29, 0.717) is 25.1 Å². The van der Waals surface area contributed by atoms with E-state index in [0.717, 1.165) is 16.8 Å². The van der Waals surface area contributed by atoms with Gasteiger partial charge in [0.1, 0.15) is 16.4 Å². The van der Waals surface area contributed by atoms with Gasteiger partial charge in [-0.15, -0.1) is 0 Å². The Kier molecular flexibility index (Phi) is 6.67. The maximum Gasteiger partial charge on any atom is 0.246 e. The molecule has 1 heterocycles. The van der Waals surface area contributed by atoms with E-state index in [1.807, 2.05) is 32.0 Å². The SMILES string of the molecule is COc1ccc(OC)c(S(=O)(=O)N2CCC[C@H](C(=O)Nc3ccc(C)cc3C)C2)c1. The van der Waals surface area contributed by atoms with E-state index in [-0.39, 0.29) is 23.1 Å². The molecule has 0 aliphatic carbocycles. The highest BCUT2D eigenvalue weighted by atomic mass is 32.2. The number of amides is 1. The number of sulfonamides is 1. The highest BCUT2D eigenvalue weighted by molar-refractivity contribution is 7.89. The number of hydrogen-bond acceptors (Lipinski definition) is 5. The van der Waals surface area contributed by atoms with Crippen LogP contribution in [0.15, 0.2) is 41.3 Å². The molecule has 1 aliphatic heterocycles. The van der Waals surface area contributed by atoms with Crippen molar-refractivity contribution in [3.05, 3.63) is 47.5 Å². The average Bonchev–Trinajstić information content (AvgIpc) is 2.75. The molecule has 1 saturated heterocycles. The first-order chi connectivity index (χ1) is 14.3. The number of anilines is 1. The second-order valence-electron chi connectivity index (χ2n) is 7.53. The summed E-state index contributed by atoms with van der Waals surface area (Å²) in [5, 5.41) is 2.95. The first-order valence-electron chi connectivity index (χ1n) is 9.86. The fourth-order valence-corrected chi connectivity index (χ4v) is 5.38. The van der Waals surface area contributed by atoms with Gasteiger partial charge in [0, 0.05) is 24.8 Å². The summed E-state index contributed by atoms with van der Waals surface area (Å²) in [4.78, 5) is 12.9. The van der Waals surface area contributed by atoms with Crippen LogP contribution in [0, 0.1) is 19.8 Å². The lowest BCUT2D eigenvalue weighted by molar-refractivity contribution is -0.120. The third-order valence-electron chi connectivity index (χ3n) is 5.38. The number of methoxy groups -OCH3 is 2. The Hall–Kier alpha value is -2.58. The molecule has 1 fully saturated rings. The smallest absolute Gasteiger partial charge is 0.246 e. The molecular weight excluding hydrogens is 404 g/mol. The lowest BCUT2D eigenvalue weighted by Crippen LogP contribution is -2.43. The van der Waals surface area contributed by atoms with E-state index in [1.165, 1.54) is 24.6 Å². The monoisotopic (exact) mass is 432 g/mol. The van der Waals surface area contributed by atoms with E-state index in [1.54, 1.807) is 12.1 Å². The van der Waals surface area contributed by atoms with E-state index < -0.39 is 15.9 Å². The maximum atomic E-state index is 13.3. The topological polar surface area (TPSA) is 84.9 Å². The molecular formula is C22H28N2O5S. The summed E-state index contributed by atoms with van der Waals surface area (Å²) in [6, 6.07) is 10.5. The molecule has 2 aromatic carbocycles. The molecule has 0 aromatic heterocycles. The normalized spacial score (nSPS) is 17.4. The Bertz CT molecular complexity index is 1040. The number of benzene rings is 2. The number of carbonyl (C=O) groups is 1. The van der Waals surface area contributed by atoms with Crippen LogP contribution in [0.4, 0.5) is 5.69 Å². The van der Waals surface area contributed by atoms with E-state index in [2.05, 4.69) is 5.32 Å². The number of aryl methyl sites for hydroxylation is 2. The van der Waals surface area contributed by atoms with E-state index >= 15 is 0 Å². The predicted octanol–water partition coefficient (Wildman–Crippen LogP) is 3.36. The van der Waals surface area contributed by atoms with Crippen molar-refractivity contribution in [2.24, 2.45) is 5.92 Å². The first-order valence-corrected chi connectivity index (χ1v) is 11.3. The van der Waals surface area contributed by atoms with Crippen molar-refractivity contribution in [2.45, 2.75) is 31.6 Å². The Morgan fingerprint density at radius 1 is 1.10 bits per heavy atom. The first kappa shape index (κ1) is 22.1. The predicted molar refractivity (Wildman–Crippen MR) is 116 cm³/mol. The highest BCUT2D eigenvalue weighted by Crippen LogP contribution is 2.33. The summed E-state index contributed by atoms with van der Waals surface area (Å²) in [5.74, 6) is 0.0819. The summed E-state index contributed by atoms with van der Waals surface area (Å²) < 4.78 is 38.4. The van der Waals surface area contributed by atoms with E-state index in [4.69, 9.17) is 9.47 Å². The molecule has 3 rings (SSSR count). The summed E-state index contributed by atoms with van der Waals surface area (Å²) in [7, 11) is -0.936. The lowest BCUT2D eigenvalue weighted by Gasteiger charge is -2.31. The van der Waals surface area contributed by atoms with Crippen LogP contribution in [-0.4, -0.2) is 45.9 Å². The van der Waals surface area contributed by atoms with Crippen molar-refractivity contribution in [1.29, 1.82) is 0 Å². The number of carbonyl (C=O) groups excluding carboxylic acids is 1. The molecule has 0 radical (unpaired) electrons. The Morgan fingerprint density at radius 3 is 2.53 bits per heavy atom. The summed E-state index contributed by atoms with van der Waals surface area (Å²) in [6.07, 6.45) is 1.24. The van der Waals surface area contributed by atoms with Gasteiger partial charge < -0.3 is 14.8 Å². The molecule has 1 aliphatic rings. The van der Waals surface area contributed by atoms with Gasteiger partial charge in [-0.3, -0.25) is 4.79 Å². The molecule has 2 aromatic rings. The average molecular weight is 433 g/mol. The minimum Gasteiger partial charge on any atom is -0.497 e. The van der Waals surface area contributed by atoms with Gasteiger partial charge in [-0.2, -0.15) is 4.31 Å². The molecule has 1 N–H and O–H groups in total. The van der Waals surface area contributed by atoms with Gasteiger partial charge in [0.25, 0.3) is 0 Å². The highest BCUT2D eigenvalue weighted by Gasteiger charge is 2.35. The fraction of sp³-hybridized carbons (Fsp3) is 0.409. The largest absolute Gasteiger partial charge is 0.497 e. The third kappa shape index (κ3) is 4.60. The summed E-state index contributed by atoms with van der Waals surface area (Å²) in [5.41, 5.74) is 2.84. The molecule has 30 heavy (non-hydrogen) atoms. The molecule has 0 bridgehead atoms. The molecule has 0 spiro atoms. The van der Waals surface area contributed by atoms with Crippen molar-refractivity contribution in [2.75, 3.05) is 32.6 Å². The van der Waals surface area contributed by atoms with Crippen LogP contribution in [0.3, 0.4) is 0 Å². The fourth-order valence-electron chi connectivity index (χ4n) is 3.69.